The standard InChI is InChI=1S/C15H22N4O5S/c1-4-7(20)8-5-6(15(2,3)23)12(24-8)19-10-9(25-14(19)22)11(21)18-13(16)17-10/h6-8,12,20,23H,4-5H2,1-3H3,(H3,16,17,18,21)/t6-,7+,8+,12-/m1/s1. The second kappa shape index (κ2) is 6.20. The summed E-state index contributed by atoms with van der Waals surface area (Å²) in [6.45, 7) is 5.08. The van der Waals surface area contributed by atoms with E-state index in [4.69, 9.17) is 10.5 Å². The van der Waals surface area contributed by atoms with Gasteiger partial charge in [0.25, 0.3) is 5.56 Å². The van der Waals surface area contributed by atoms with Gasteiger partial charge in [-0.15, -0.1) is 0 Å². The third-order valence-electron chi connectivity index (χ3n) is 4.65. The number of hydrogen-bond acceptors (Lipinski definition) is 8. The minimum atomic E-state index is -1.16. The third-order valence-corrected chi connectivity index (χ3v) is 5.59. The quantitative estimate of drug-likeness (QED) is 0.601. The molecule has 0 aromatic carbocycles. The van der Waals surface area contributed by atoms with Crippen LogP contribution in [0.5, 0.6) is 0 Å². The Morgan fingerprint density at radius 2 is 2.20 bits per heavy atom. The highest BCUT2D eigenvalue weighted by Gasteiger charge is 2.47. The first-order chi connectivity index (χ1) is 11.6. The Morgan fingerprint density at radius 1 is 1.52 bits per heavy atom. The van der Waals surface area contributed by atoms with Crippen molar-refractivity contribution in [2.24, 2.45) is 5.92 Å². The van der Waals surface area contributed by atoms with Crippen molar-refractivity contribution in [3.05, 3.63) is 20.0 Å². The van der Waals surface area contributed by atoms with E-state index in [2.05, 4.69) is 9.97 Å². The lowest BCUT2D eigenvalue weighted by Gasteiger charge is -2.29. The molecule has 0 saturated carbocycles. The van der Waals surface area contributed by atoms with E-state index < -0.39 is 40.4 Å². The molecule has 9 nitrogen and oxygen atoms in total. The smallest absolute Gasteiger partial charge is 0.311 e. The molecule has 138 valence electrons. The lowest BCUT2D eigenvalue weighted by molar-refractivity contribution is -0.0882. The number of fused-ring (bicyclic) bond motifs is 1. The van der Waals surface area contributed by atoms with Crippen molar-refractivity contribution >= 4 is 27.6 Å². The molecule has 3 rings (SSSR count). The second-order valence-corrected chi connectivity index (χ2v) is 7.84. The largest absolute Gasteiger partial charge is 0.390 e. The summed E-state index contributed by atoms with van der Waals surface area (Å²) in [7, 11) is 0. The Balaban J connectivity index is 2.16. The number of anilines is 1. The van der Waals surface area contributed by atoms with Crippen LogP contribution in [0.15, 0.2) is 9.59 Å². The van der Waals surface area contributed by atoms with Crippen molar-refractivity contribution in [2.45, 2.75) is 57.6 Å². The number of nitrogens with one attached hydrogen (secondary N) is 1. The van der Waals surface area contributed by atoms with E-state index in [1.54, 1.807) is 13.8 Å². The van der Waals surface area contributed by atoms with Gasteiger partial charge in [0.1, 0.15) is 10.9 Å². The molecule has 2 aromatic heterocycles. The summed E-state index contributed by atoms with van der Waals surface area (Å²) in [5.74, 6) is -0.566. The van der Waals surface area contributed by atoms with E-state index in [1.807, 2.05) is 6.92 Å². The molecule has 0 aliphatic carbocycles. The van der Waals surface area contributed by atoms with Gasteiger partial charge >= 0.3 is 4.87 Å². The number of aromatic amines is 1. The SMILES string of the molecule is CC[C@H](O)[C@@H]1C[C@@H](C(C)(C)O)[C@H](n2c(=O)sc3c(=O)[nH]c(N)nc32)O1. The molecule has 1 saturated heterocycles. The number of hydrogen-bond donors (Lipinski definition) is 4. The van der Waals surface area contributed by atoms with Crippen LogP contribution in [-0.2, 0) is 4.74 Å². The van der Waals surface area contributed by atoms with Crippen LogP contribution in [0.25, 0.3) is 10.3 Å². The summed E-state index contributed by atoms with van der Waals surface area (Å²) in [4.78, 5) is 30.6. The molecule has 0 amide bonds. The number of aromatic nitrogens is 3. The molecule has 10 heteroatoms. The van der Waals surface area contributed by atoms with E-state index in [9.17, 15) is 19.8 Å². The first kappa shape index (κ1) is 18.1. The molecule has 5 N–H and O–H groups in total. The van der Waals surface area contributed by atoms with Gasteiger partial charge in [-0.3, -0.25) is 19.1 Å². The van der Waals surface area contributed by atoms with Crippen molar-refractivity contribution in [1.82, 2.24) is 14.5 Å². The number of thiazole rings is 1. The zero-order valence-corrected chi connectivity index (χ0v) is 15.0. The second-order valence-electron chi connectivity index (χ2n) is 6.88. The van der Waals surface area contributed by atoms with Crippen molar-refractivity contribution in [1.29, 1.82) is 0 Å². The van der Waals surface area contributed by atoms with E-state index in [-0.39, 0.29) is 16.3 Å². The van der Waals surface area contributed by atoms with Gasteiger partial charge in [0.2, 0.25) is 5.95 Å². The summed E-state index contributed by atoms with van der Waals surface area (Å²) in [5.41, 5.74) is 4.08. The molecule has 0 bridgehead atoms. The van der Waals surface area contributed by atoms with Crippen molar-refractivity contribution in [3.8, 4) is 0 Å². The van der Waals surface area contributed by atoms with E-state index >= 15 is 0 Å². The summed E-state index contributed by atoms with van der Waals surface area (Å²) in [6.07, 6.45) is -1.21. The van der Waals surface area contributed by atoms with Crippen LogP contribution in [0.1, 0.15) is 39.8 Å². The molecular formula is C15H22N4O5S. The average molecular weight is 370 g/mol. The molecule has 0 spiro atoms. The summed E-state index contributed by atoms with van der Waals surface area (Å²) < 4.78 is 7.34. The Kier molecular flexibility index (Phi) is 4.48. The minimum Gasteiger partial charge on any atom is -0.390 e. The lowest BCUT2D eigenvalue weighted by atomic mass is 9.86. The van der Waals surface area contributed by atoms with Crippen LogP contribution >= 0.6 is 11.3 Å². The van der Waals surface area contributed by atoms with Gasteiger partial charge in [-0.25, -0.2) is 0 Å². The maximum Gasteiger partial charge on any atom is 0.311 e. The van der Waals surface area contributed by atoms with Gasteiger partial charge < -0.3 is 20.7 Å². The minimum absolute atomic E-state index is 0.105. The zero-order chi connectivity index (χ0) is 18.5. The number of nitrogen functional groups attached to an aromatic ring is 1. The van der Waals surface area contributed by atoms with Crippen molar-refractivity contribution < 1.29 is 14.9 Å². The van der Waals surface area contributed by atoms with E-state index in [0.717, 1.165) is 11.3 Å². The molecular weight excluding hydrogens is 348 g/mol. The Morgan fingerprint density at radius 3 is 2.80 bits per heavy atom. The summed E-state index contributed by atoms with van der Waals surface area (Å²) in [6, 6.07) is 0. The first-order valence-corrected chi connectivity index (χ1v) is 8.91. The topological polar surface area (TPSA) is 143 Å². The number of ether oxygens (including phenoxy) is 1. The third kappa shape index (κ3) is 3.10. The fourth-order valence-electron chi connectivity index (χ4n) is 3.26. The number of aliphatic hydroxyl groups is 2. The van der Waals surface area contributed by atoms with Crippen LogP contribution in [-0.4, -0.2) is 42.6 Å². The fraction of sp³-hybridized carbons (Fsp3) is 0.667. The Labute approximate surface area is 147 Å². The molecule has 4 atom stereocenters. The molecule has 1 fully saturated rings. The lowest BCUT2D eigenvalue weighted by Crippen LogP contribution is -2.37. The zero-order valence-electron chi connectivity index (χ0n) is 14.2. The maximum atomic E-state index is 12.5. The molecule has 0 radical (unpaired) electrons. The summed E-state index contributed by atoms with van der Waals surface area (Å²) >= 11 is 0.750. The normalized spacial score (nSPS) is 25.6. The highest BCUT2D eigenvalue weighted by molar-refractivity contribution is 7.16. The predicted molar refractivity (Wildman–Crippen MR) is 93.5 cm³/mol. The van der Waals surface area contributed by atoms with Crippen LogP contribution in [0, 0.1) is 5.92 Å². The van der Waals surface area contributed by atoms with E-state index in [0.29, 0.717) is 12.8 Å². The van der Waals surface area contributed by atoms with Crippen molar-refractivity contribution in [2.75, 3.05) is 5.73 Å². The highest BCUT2D eigenvalue weighted by Crippen LogP contribution is 2.42. The van der Waals surface area contributed by atoms with Crippen LogP contribution < -0.4 is 16.2 Å². The molecule has 2 aromatic rings. The van der Waals surface area contributed by atoms with Gasteiger partial charge in [-0.05, 0) is 26.7 Å². The number of aliphatic hydroxyl groups excluding tert-OH is 1. The monoisotopic (exact) mass is 370 g/mol. The first-order valence-electron chi connectivity index (χ1n) is 8.10. The Bertz CT molecular complexity index is 896. The highest BCUT2D eigenvalue weighted by atomic mass is 32.1. The molecule has 3 heterocycles. The summed E-state index contributed by atoms with van der Waals surface area (Å²) in [5, 5.41) is 20.7. The van der Waals surface area contributed by atoms with E-state index in [1.165, 1.54) is 4.57 Å². The number of nitrogens with two attached hydrogens (primary N) is 1. The molecule has 0 unspecified atom stereocenters. The van der Waals surface area contributed by atoms with Gasteiger partial charge in [0.15, 0.2) is 5.65 Å². The van der Waals surface area contributed by atoms with Crippen LogP contribution in [0.2, 0.25) is 0 Å². The average Bonchev–Trinajstić information content (AvgIpc) is 3.07. The van der Waals surface area contributed by atoms with Gasteiger partial charge in [-0.2, -0.15) is 4.98 Å². The van der Waals surface area contributed by atoms with Gasteiger partial charge in [0.05, 0.1) is 17.8 Å². The Hall–Kier alpha value is -1.75. The molecule has 1 aliphatic heterocycles. The van der Waals surface area contributed by atoms with Crippen LogP contribution in [0.4, 0.5) is 5.95 Å². The number of nitrogens with zero attached hydrogens (tertiary/aromatic N) is 2. The van der Waals surface area contributed by atoms with Gasteiger partial charge in [-0.1, -0.05) is 18.3 Å². The predicted octanol–water partition coefficient (Wildman–Crippen LogP) is 0.174. The van der Waals surface area contributed by atoms with Crippen molar-refractivity contribution in [3.63, 3.8) is 0 Å². The fourth-order valence-corrected chi connectivity index (χ4v) is 4.10. The van der Waals surface area contributed by atoms with Crippen LogP contribution in [0.3, 0.4) is 0 Å². The van der Waals surface area contributed by atoms with Gasteiger partial charge in [0, 0.05) is 5.92 Å². The molecule has 25 heavy (non-hydrogen) atoms. The molecule has 1 aliphatic rings. The maximum absolute atomic E-state index is 12.5. The number of H-pyrrole nitrogens is 1. The number of rotatable bonds is 4.